The minimum absolute atomic E-state index is 0.171. The van der Waals surface area contributed by atoms with Crippen molar-refractivity contribution in [1.82, 2.24) is 15.2 Å². The number of ether oxygens (including phenoxy) is 2. The van der Waals surface area contributed by atoms with Crippen LogP contribution >= 0.6 is 11.3 Å². The van der Waals surface area contributed by atoms with Crippen molar-refractivity contribution in [2.75, 3.05) is 0 Å². The van der Waals surface area contributed by atoms with Gasteiger partial charge in [0.25, 0.3) is 11.1 Å². The molecule has 0 saturated heterocycles. The van der Waals surface area contributed by atoms with Gasteiger partial charge in [-0.2, -0.15) is 4.98 Å². The average Bonchev–Trinajstić information content (AvgIpc) is 3.17. The molecule has 4 rings (SSSR count). The highest BCUT2D eigenvalue weighted by molar-refractivity contribution is 7.11. The van der Waals surface area contributed by atoms with Gasteiger partial charge in [0.2, 0.25) is 5.89 Å². The zero-order valence-electron chi connectivity index (χ0n) is 15.8. The van der Waals surface area contributed by atoms with Crippen LogP contribution in [-0.4, -0.2) is 26.9 Å². The lowest BCUT2D eigenvalue weighted by molar-refractivity contribution is 0.0454. The molecule has 0 spiro atoms. The summed E-state index contributed by atoms with van der Waals surface area (Å²) in [6.07, 6.45) is 1.41. The molecule has 0 aliphatic heterocycles. The molecule has 1 aliphatic rings. The van der Waals surface area contributed by atoms with Crippen molar-refractivity contribution < 1.29 is 23.1 Å². The number of nitrogens with zero attached hydrogens (tertiary/aromatic N) is 3. The largest absolute Gasteiger partial charge is 0.443 e. The third-order valence-corrected chi connectivity index (χ3v) is 5.01. The van der Waals surface area contributed by atoms with Crippen LogP contribution in [0.4, 0.5) is 9.18 Å². The van der Waals surface area contributed by atoms with Gasteiger partial charge < -0.3 is 19.6 Å². The summed E-state index contributed by atoms with van der Waals surface area (Å²) in [4.78, 5) is 15.3. The maximum absolute atomic E-state index is 14.5. The third kappa shape index (κ3) is 4.70. The summed E-state index contributed by atoms with van der Waals surface area (Å²) >= 11 is 1.24. The van der Waals surface area contributed by atoms with E-state index >= 15 is 0 Å². The molecule has 152 valence electrons. The van der Waals surface area contributed by atoms with Gasteiger partial charge in [-0.05, 0) is 38.3 Å². The number of aromatic nitrogens is 3. The summed E-state index contributed by atoms with van der Waals surface area (Å²) in [6, 6.07) is 4.46. The van der Waals surface area contributed by atoms with Crippen LogP contribution in [0.1, 0.15) is 44.1 Å². The first-order valence-electron chi connectivity index (χ1n) is 9.03. The molecule has 0 unspecified atom stereocenters. The molecule has 1 fully saturated rings. The van der Waals surface area contributed by atoms with E-state index in [0.717, 1.165) is 12.8 Å². The number of amides is 1. The molecule has 1 saturated carbocycles. The number of benzene rings is 1. The van der Waals surface area contributed by atoms with E-state index in [0.29, 0.717) is 39.9 Å². The molecule has 0 bridgehead atoms. The Morgan fingerprint density at radius 3 is 2.86 bits per heavy atom. The summed E-state index contributed by atoms with van der Waals surface area (Å²) in [7, 11) is 0. The van der Waals surface area contributed by atoms with Gasteiger partial charge in [0.15, 0.2) is 0 Å². The molecule has 1 amide bonds. The van der Waals surface area contributed by atoms with Crippen molar-refractivity contribution in [3.8, 4) is 22.5 Å². The fraction of sp³-hybridized carbons (Fsp3) is 0.368. The van der Waals surface area contributed by atoms with Crippen LogP contribution in [0.2, 0.25) is 0 Å². The molecule has 2 heterocycles. The highest BCUT2D eigenvalue weighted by Gasteiger charge is 2.30. The van der Waals surface area contributed by atoms with E-state index in [4.69, 9.17) is 19.6 Å². The lowest BCUT2D eigenvalue weighted by atomic mass is 9.98. The molecule has 0 radical (unpaired) electrons. The predicted molar refractivity (Wildman–Crippen MR) is 102 cm³/mol. The van der Waals surface area contributed by atoms with Crippen LogP contribution in [0.15, 0.2) is 28.0 Å². The second kappa shape index (κ2) is 7.43. The molecule has 2 N–H and O–H groups in total. The lowest BCUT2D eigenvalue weighted by Gasteiger charge is -2.24. The molecular formula is C19H19FN4O4S. The van der Waals surface area contributed by atoms with E-state index in [-0.39, 0.29) is 6.42 Å². The van der Waals surface area contributed by atoms with Crippen LogP contribution in [0, 0.1) is 5.82 Å². The van der Waals surface area contributed by atoms with Crippen molar-refractivity contribution >= 4 is 17.4 Å². The summed E-state index contributed by atoms with van der Waals surface area (Å²) in [6.45, 7) is 3.32. The van der Waals surface area contributed by atoms with Crippen molar-refractivity contribution in [1.29, 1.82) is 0 Å². The van der Waals surface area contributed by atoms with Gasteiger partial charge in [-0.25, -0.2) is 9.18 Å². The van der Waals surface area contributed by atoms with Crippen molar-refractivity contribution in [2.45, 2.75) is 44.6 Å². The first kappa shape index (κ1) is 19.3. The van der Waals surface area contributed by atoms with Gasteiger partial charge in [-0.15, -0.1) is 10.2 Å². The first-order chi connectivity index (χ1) is 13.8. The molecule has 29 heavy (non-hydrogen) atoms. The Hall–Kier alpha value is -3.01. The molecule has 2 aromatic heterocycles. The van der Waals surface area contributed by atoms with Crippen molar-refractivity contribution in [3.63, 3.8) is 0 Å². The number of carbonyl (C=O) groups is 1. The van der Waals surface area contributed by atoms with Gasteiger partial charge in [-0.3, -0.25) is 0 Å². The predicted octanol–water partition coefficient (Wildman–Crippen LogP) is 4.42. The van der Waals surface area contributed by atoms with E-state index in [1.165, 1.54) is 17.4 Å². The number of halogens is 1. The summed E-state index contributed by atoms with van der Waals surface area (Å²) in [5.74, 6) is 1.16. The topological polar surface area (TPSA) is 113 Å². The molecular weight excluding hydrogens is 399 g/mol. The van der Waals surface area contributed by atoms with Crippen LogP contribution < -0.4 is 10.5 Å². The maximum atomic E-state index is 14.5. The normalized spacial score (nSPS) is 14.0. The highest BCUT2D eigenvalue weighted by atomic mass is 32.1. The second-order valence-electron chi connectivity index (χ2n) is 7.43. The fourth-order valence-corrected chi connectivity index (χ4v) is 3.50. The quantitative estimate of drug-likeness (QED) is 0.604. The number of rotatable bonds is 7. The van der Waals surface area contributed by atoms with Crippen molar-refractivity contribution in [3.05, 3.63) is 40.9 Å². The average molecular weight is 418 g/mol. The number of nitrogens with two attached hydrogens (primary N) is 1. The Kier molecular flexibility index (Phi) is 4.95. The molecule has 1 aliphatic carbocycles. The lowest BCUT2D eigenvalue weighted by Crippen LogP contribution is -2.33. The minimum Gasteiger partial charge on any atom is -0.443 e. The number of carbonyl (C=O) groups excluding carboxylic acids is 1. The molecule has 3 aromatic rings. The SMILES string of the molecule is CC(C)(Cc1ccc(Oc2nc(-c3nnc(C4CC4)o3)cs2)cc1F)OC(N)=O. The van der Waals surface area contributed by atoms with Crippen LogP contribution in [0.5, 0.6) is 10.9 Å². The second-order valence-corrected chi connectivity index (χ2v) is 8.25. The monoisotopic (exact) mass is 418 g/mol. The van der Waals surface area contributed by atoms with Gasteiger partial charge in [-0.1, -0.05) is 17.4 Å². The van der Waals surface area contributed by atoms with Crippen LogP contribution in [0.3, 0.4) is 0 Å². The Bertz CT molecular complexity index is 1040. The third-order valence-electron chi connectivity index (χ3n) is 4.29. The van der Waals surface area contributed by atoms with E-state index in [9.17, 15) is 9.18 Å². The minimum atomic E-state index is -0.928. The zero-order chi connectivity index (χ0) is 20.6. The Morgan fingerprint density at radius 2 is 2.17 bits per heavy atom. The van der Waals surface area contributed by atoms with E-state index in [2.05, 4.69) is 15.2 Å². The smallest absolute Gasteiger partial charge is 0.405 e. The molecule has 8 nitrogen and oxygen atoms in total. The van der Waals surface area contributed by atoms with E-state index in [1.54, 1.807) is 31.4 Å². The van der Waals surface area contributed by atoms with Crippen LogP contribution in [-0.2, 0) is 11.2 Å². The van der Waals surface area contributed by atoms with Crippen LogP contribution in [0.25, 0.3) is 11.6 Å². The number of hydrogen-bond donors (Lipinski definition) is 1. The molecule has 10 heteroatoms. The summed E-state index contributed by atoms with van der Waals surface area (Å²) in [5.41, 5.74) is 5.02. The van der Waals surface area contributed by atoms with Gasteiger partial charge in [0.1, 0.15) is 22.9 Å². The van der Waals surface area contributed by atoms with Gasteiger partial charge in [0, 0.05) is 23.8 Å². The number of thiazole rings is 1. The Morgan fingerprint density at radius 1 is 1.38 bits per heavy atom. The Balaban J connectivity index is 1.44. The highest BCUT2D eigenvalue weighted by Crippen LogP contribution is 2.40. The van der Waals surface area contributed by atoms with E-state index < -0.39 is 17.5 Å². The summed E-state index contributed by atoms with van der Waals surface area (Å²) < 4.78 is 30.8. The van der Waals surface area contributed by atoms with E-state index in [1.807, 2.05) is 0 Å². The molecule has 1 aromatic carbocycles. The zero-order valence-corrected chi connectivity index (χ0v) is 16.7. The fourth-order valence-electron chi connectivity index (χ4n) is 2.84. The van der Waals surface area contributed by atoms with Crippen molar-refractivity contribution in [2.24, 2.45) is 5.73 Å². The number of primary amides is 1. The number of hydrogen-bond acceptors (Lipinski definition) is 8. The summed E-state index contributed by atoms with van der Waals surface area (Å²) in [5, 5.41) is 10.1. The van der Waals surface area contributed by atoms with Gasteiger partial charge >= 0.3 is 6.09 Å². The first-order valence-corrected chi connectivity index (χ1v) is 9.91. The Labute approximate surface area is 169 Å². The standard InChI is InChI=1S/C19H19FN4O4S/c1-19(2,28-17(21)25)8-11-5-6-12(7-13(11)20)26-18-22-14(9-29-18)16-24-23-15(27-16)10-3-4-10/h5-7,9-10H,3-4,8H2,1-2H3,(H2,21,25). The molecule has 0 atom stereocenters. The maximum Gasteiger partial charge on any atom is 0.405 e. The van der Waals surface area contributed by atoms with Gasteiger partial charge in [0.05, 0.1) is 0 Å².